The van der Waals surface area contributed by atoms with Gasteiger partial charge in [0.2, 0.25) is 5.91 Å². The maximum Gasteiger partial charge on any atom is 0.336 e. The summed E-state index contributed by atoms with van der Waals surface area (Å²) in [7, 11) is 0. The van der Waals surface area contributed by atoms with Crippen LogP contribution >= 0.6 is 11.8 Å². The van der Waals surface area contributed by atoms with E-state index in [2.05, 4.69) is 10.3 Å². The standard InChI is InChI=1S/C25H20N2O3S/c1-16(31-19-7-3-2-4-8-19)24(28)26-18-13-11-17(12-14-18)23-15-21(25(29)30)20-9-5-6-10-22(20)27-23/h2-16H,1H3,(H,26,28)(H,29,30). The second kappa shape index (κ2) is 9.02. The van der Waals surface area contributed by atoms with E-state index in [0.29, 0.717) is 22.3 Å². The zero-order valence-corrected chi connectivity index (χ0v) is 17.6. The number of aromatic nitrogens is 1. The quantitative estimate of drug-likeness (QED) is 0.384. The zero-order chi connectivity index (χ0) is 21.8. The Balaban J connectivity index is 1.52. The van der Waals surface area contributed by atoms with Gasteiger partial charge >= 0.3 is 5.97 Å². The van der Waals surface area contributed by atoms with Crippen LogP contribution in [0.5, 0.6) is 0 Å². The van der Waals surface area contributed by atoms with Crippen molar-refractivity contribution in [3.05, 3.63) is 90.5 Å². The number of nitrogens with zero attached hydrogens (tertiary/aromatic N) is 1. The van der Waals surface area contributed by atoms with Crippen molar-refractivity contribution in [2.24, 2.45) is 0 Å². The minimum absolute atomic E-state index is 0.0846. The highest BCUT2D eigenvalue weighted by Crippen LogP contribution is 2.27. The number of carbonyl (C=O) groups is 2. The summed E-state index contributed by atoms with van der Waals surface area (Å²) < 4.78 is 0. The number of hydrogen-bond acceptors (Lipinski definition) is 4. The lowest BCUT2D eigenvalue weighted by Gasteiger charge is -2.12. The largest absolute Gasteiger partial charge is 0.478 e. The van der Waals surface area contributed by atoms with E-state index in [-0.39, 0.29) is 16.7 Å². The maximum atomic E-state index is 12.5. The molecule has 3 aromatic carbocycles. The van der Waals surface area contributed by atoms with E-state index in [4.69, 9.17) is 0 Å². The molecule has 1 aromatic heterocycles. The number of hydrogen-bond donors (Lipinski definition) is 2. The van der Waals surface area contributed by atoms with Crippen LogP contribution in [-0.2, 0) is 4.79 Å². The van der Waals surface area contributed by atoms with Gasteiger partial charge in [-0.15, -0.1) is 11.8 Å². The van der Waals surface area contributed by atoms with Crippen molar-refractivity contribution in [1.29, 1.82) is 0 Å². The summed E-state index contributed by atoms with van der Waals surface area (Å²) in [6.45, 7) is 1.87. The van der Waals surface area contributed by atoms with E-state index in [1.165, 1.54) is 11.8 Å². The van der Waals surface area contributed by atoms with E-state index in [1.54, 1.807) is 36.4 Å². The third-order valence-electron chi connectivity index (χ3n) is 4.82. The summed E-state index contributed by atoms with van der Waals surface area (Å²) in [5.74, 6) is -1.08. The number of carbonyl (C=O) groups excluding carboxylic acids is 1. The first kappa shape index (κ1) is 20.6. The molecular weight excluding hydrogens is 408 g/mol. The average molecular weight is 429 g/mol. The van der Waals surface area contributed by atoms with Gasteiger partial charge in [0.25, 0.3) is 0 Å². The number of fused-ring (bicyclic) bond motifs is 1. The molecule has 0 fully saturated rings. The fourth-order valence-corrected chi connectivity index (χ4v) is 4.11. The molecule has 5 nitrogen and oxygen atoms in total. The summed E-state index contributed by atoms with van der Waals surface area (Å²) in [5, 5.41) is 12.9. The second-order valence-corrected chi connectivity index (χ2v) is 8.43. The molecule has 1 amide bonds. The van der Waals surface area contributed by atoms with Crippen LogP contribution in [0.4, 0.5) is 5.69 Å². The first-order chi connectivity index (χ1) is 15.0. The fraction of sp³-hybridized carbons (Fsp3) is 0.0800. The lowest BCUT2D eigenvalue weighted by atomic mass is 10.0. The van der Waals surface area contributed by atoms with Gasteiger partial charge in [-0.05, 0) is 43.3 Å². The van der Waals surface area contributed by atoms with Crippen molar-refractivity contribution in [2.75, 3.05) is 5.32 Å². The fourth-order valence-electron chi connectivity index (χ4n) is 3.23. The van der Waals surface area contributed by atoms with Crippen LogP contribution in [0.2, 0.25) is 0 Å². The topological polar surface area (TPSA) is 79.3 Å². The highest BCUT2D eigenvalue weighted by atomic mass is 32.2. The van der Waals surface area contributed by atoms with Crippen LogP contribution in [0.1, 0.15) is 17.3 Å². The zero-order valence-electron chi connectivity index (χ0n) is 16.8. The predicted molar refractivity (Wildman–Crippen MR) is 125 cm³/mol. The first-order valence-electron chi connectivity index (χ1n) is 9.77. The van der Waals surface area contributed by atoms with Crippen molar-refractivity contribution in [2.45, 2.75) is 17.1 Å². The van der Waals surface area contributed by atoms with Crippen molar-refractivity contribution in [3.63, 3.8) is 0 Å². The molecule has 154 valence electrons. The normalized spacial score (nSPS) is 11.8. The van der Waals surface area contributed by atoms with Gasteiger partial charge < -0.3 is 10.4 Å². The van der Waals surface area contributed by atoms with Crippen molar-refractivity contribution < 1.29 is 14.7 Å². The first-order valence-corrected chi connectivity index (χ1v) is 10.7. The van der Waals surface area contributed by atoms with Crippen LogP contribution in [-0.4, -0.2) is 27.2 Å². The molecule has 2 N–H and O–H groups in total. The number of amides is 1. The van der Waals surface area contributed by atoms with Crippen LogP contribution in [0.3, 0.4) is 0 Å². The van der Waals surface area contributed by atoms with Gasteiger partial charge in [-0.2, -0.15) is 0 Å². The number of rotatable bonds is 6. The minimum atomic E-state index is -0.992. The Hall–Kier alpha value is -3.64. The molecule has 0 aliphatic rings. The number of nitrogens with one attached hydrogen (secondary N) is 1. The van der Waals surface area contributed by atoms with E-state index < -0.39 is 5.97 Å². The van der Waals surface area contributed by atoms with Gasteiger partial charge in [0.15, 0.2) is 0 Å². The Kier molecular flexibility index (Phi) is 6.00. The maximum absolute atomic E-state index is 12.5. The Morgan fingerprint density at radius 1 is 0.935 bits per heavy atom. The van der Waals surface area contributed by atoms with Crippen LogP contribution in [0.25, 0.3) is 22.2 Å². The molecule has 4 rings (SSSR count). The van der Waals surface area contributed by atoms with E-state index in [0.717, 1.165) is 10.5 Å². The molecule has 0 aliphatic heterocycles. The SMILES string of the molecule is CC(Sc1ccccc1)C(=O)Nc1ccc(-c2cc(C(=O)O)c3ccccc3n2)cc1. The summed E-state index contributed by atoms with van der Waals surface area (Å²) in [6, 6.07) is 25.8. The molecule has 0 spiro atoms. The Bertz CT molecular complexity index is 1240. The molecule has 0 saturated heterocycles. The van der Waals surface area contributed by atoms with E-state index in [1.807, 2.05) is 55.5 Å². The van der Waals surface area contributed by atoms with Gasteiger partial charge in [-0.3, -0.25) is 4.79 Å². The van der Waals surface area contributed by atoms with Gasteiger partial charge in [0.1, 0.15) is 0 Å². The number of benzene rings is 3. The van der Waals surface area contributed by atoms with Gasteiger partial charge in [0, 0.05) is 21.5 Å². The minimum Gasteiger partial charge on any atom is -0.478 e. The summed E-state index contributed by atoms with van der Waals surface area (Å²) in [4.78, 5) is 29.9. The number of anilines is 1. The number of carboxylic acids is 1. The number of para-hydroxylation sites is 1. The molecule has 1 heterocycles. The average Bonchev–Trinajstić information content (AvgIpc) is 2.79. The third kappa shape index (κ3) is 4.75. The number of thioether (sulfide) groups is 1. The Morgan fingerprint density at radius 3 is 2.32 bits per heavy atom. The molecule has 1 unspecified atom stereocenters. The second-order valence-electron chi connectivity index (χ2n) is 7.02. The monoisotopic (exact) mass is 428 g/mol. The number of pyridine rings is 1. The summed E-state index contributed by atoms with van der Waals surface area (Å²) >= 11 is 1.50. The van der Waals surface area contributed by atoms with Crippen molar-refractivity contribution in [3.8, 4) is 11.3 Å². The van der Waals surface area contributed by atoms with E-state index in [9.17, 15) is 14.7 Å². The number of carboxylic acid groups (broad SMARTS) is 1. The molecule has 6 heteroatoms. The van der Waals surface area contributed by atoms with Gasteiger partial charge in [0.05, 0.1) is 22.0 Å². The van der Waals surface area contributed by atoms with Gasteiger partial charge in [-0.25, -0.2) is 9.78 Å². The van der Waals surface area contributed by atoms with Crippen LogP contribution in [0.15, 0.2) is 89.8 Å². The molecule has 0 aliphatic carbocycles. The molecule has 4 aromatic rings. The van der Waals surface area contributed by atoms with Gasteiger partial charge in [-0.1, -0.05) is 48.5 Å². The molecule has 1 atom stereocenters. The predicted octanol–water partition coefficient (Wildman–Crippen LogP) is 5.72. The highest BCUT2D eigenvalue weighted by molar-refractivity contribution is 8.00. The summed E-state index contributed by atoms with van der Waals surface area (Å²) in [6.07, 6.45) is 0. The molecule has 0 radical (unpaired) electrons. The molecule has 0 saturated carbocycles. The van der Waals surface area contributed by atoms with Crippen molar-refractivity contribution in [1.82, 2.24) is 4.98 Å². The Labute approximate surface area is 184 Å². The Morgan fingerprint density at radius 2 is 1.61 bits per heavy atom. The molecule has 31 heavy (non-hydrogen) atoms. The summed E-state index contributed by atoms with van der Waals surface area (Å²) in [5.41, 5.74) is 2.86. The smallest absolute Gasteiger partial charge is 0.336 e. The van der Waals surface area contributed by atoms with E-state index >= 15 is 0 Å². The lowest BCUT2D eigenvalue weighted by molar-refractivity contribution is -0.115. The third-order valence-corrected chi connectivity index (χ3v) is 5.93. The lowest BCUT2D eigenvalue weighted by Crippen LogP contribution is -2.22. The van der Waals surface area contributed by atoms with Crippen LogP contribution < -0.4 is 5.32 Å². The van der Waals surface area contributed by atoms with Crippen molar-refractivity contribution >= 4 is 40.2 Å². The molecule has 0 bridgehead atoms. The molecular formula is C25H20N2O3S. The van der Waals surface area contributed by atoms with Crippen LogP contribution in [0, 0.1) is 0 Å². The highest BCUT2D eigenvalue weighted by Gasteiger charge is 2.15. The number of aromatic carboxylic acids is 1.